The van der Waals surface area contributed by atoms with E-state index in [-0.39, 0.29) is 5.41 Å². The Balaban J connectivity index is 2.89. The normalized spacial score (nSPS) is 13.4. The topological polar surface area (TPSA) is 21.3 Å². The zero-order valence-electron chi connectivity index (χ0n) is 12.6. The standard InChI is InChI=1S/C16H27NO/c1-7-13(17-6)11-18-15-10-12(2)8-9-14(15)16(3,4)5/h8-10,13,17H,7,11H2,1-6H3. The first-order valence-electron chi connectivity index (χ1n) is 6.79. The molecular formula is C16H27NO. The van der Waals surface area contributed by atoms with Crippen LogP contribution in [0.4, 0.5) is 0 Å². The van der Waals surface area contributed by atoms with E-state index in [1.54, 1.807) is 0 Å². The van der Waals surface area contributed by atoms with Gasteiger partial charge in [0.2, 0.25) is 0 Å². The Kier molecular flexibility index (Phi) is 5.21. The Morgan fingerprint density at radius 3 is 2.44 bits per heavy atom. The van der Waals surface area contributed by atoms with Crippen LogP contribution < -0.4 is 10.1 Å². The number of aryl methyl sites for hydroxylation is 1. The molecule has 18 heavy (non-hydrogen) atoms. The van der Waals surface area contributed by atoms with E-state index in [4.69, 9.17) is 4.74 Å². The maximum absolute atomic E-state index is 6.03. The fraction of sp³-hybridized carbons (Fsp3) is 0.625. The second-order valence-corrected chi connectivity index (χ2v) is 5.95. The molecule has 0 spiro atoms. The van der Waals surface area contributed by atoms with Gasteiger partial charge in [0.25, 0.3) is 0 Å². The highest BCUT2D eigenvalue weighted by Gasteiger charge is 2.19. The van der Waals surface area contributed by atoms with Crippen molar-refractivity contribution in [3.05, 3.63) is 29.3 Å². The molecule has 1 aromatic carbocycles. The zero-order chi connectivity index (χ0) is 13.8. The third-order valence-electron chi connectivity index (χ3n) is 3.29. The highest BCUT2D eigenvalue weighted by Crippen LogP contribution is 2.32. The van der Waals surface area contributed by atoms with Crippen molar-refractivity contribution in [2.24, 2.45) is 0 Å². The van der Waals surface area contributed by atoms with Crippen LogP contribution in [0.3, 0.4) is 0 Å². The summed E-state index contributed by atoms with van der Waals surface area (Å²) in [5.74, 6) is 1.02. The van der Waals surface area contributed by atoms with Crippen LogP contribution in [0.1, 0.15) is 45.2 Å². The monoisotopic (exact) mass is 249 g/mol. The van der Waals surface area contributed by atoms with E-state index in [0.717, 1.165) is 18.8 Å². The minimum Gasteiger partial charge on any atom is -0.492 e. The first-order valence-corrected chi connectivity index (χ1v) is 6.79. The first-order chi connectivity index (χ1) is 8.38. The summed E-state index contributed by atoms with van der Waals surface area (Å²) in [6.07, 6.45) is 1.08. The minimum atomic E-state index is 0.115. The summed E-state index contributed by atoms with van der Waals surface area (Å²) in [5.41, 5.74) is 2.64. The van der Waals surface area contributed by atoms with Crippen LogP contribution in [0, 0.1) is 6.92 Å². The summed E-state index contributed by atoms with van der Waals surface area (Å²) >= 11 is 0. The van der Waals surface area contributed by atoms with Crippen molar-refractivity contribution in [2.75, 3.05) is 13.7 Å². The molecule has 1 rings (SSSR count). The Morgan fingerprint density at radius 1 is 1.28 bits per heavy atom. The van der Waals surface area contributed by atoms with E-state index in [0.29, 0.717) is 6.04 Å². The van der Waals surface area contributed by atoms with Gasteiger partial charge in [-0.2, -0.15) is 0 Å². The van der Waals surface area contributed by atoms with Gasteiger partial charge in [-0.05, 0) is 43.0 Å². The zero-order valence-corrected chi connectivity index (χ0v) is 12.6. The molecule has 0 aliphatic carbocycles. The molecule has 0 saturated heterocycles. The molecule has 0 bridgehead atoms. The average molecular weight is 249 g/mol. The van der Waals surface area contributed by atoms with Crippen LogP contribution in [0.15, 0.2) is 18.2 Å². The molecule has 0 heterocycles. The van der Waals surface area contributed by atoms with Crippen LogP contribution >= 0.6 is 0 Å². The molecule has 1 atom stereocenters. The molecule has 1 unspecified atom stereocenters. The summed E-state index contributed by atoms with van der Waals surface area (Å²) in [7, 11) is 1.98. The van der Waals surface area contributed by atoms with E-state index in [9.17, 15) is 0 Å². The van der Waals surface area contributed by atoms with Crippen LogP contribution in [0.5, 0.6) is 5.75 Å². The van der Waals surface area contributed by atoms with E-state index >= 15 is 0 Å². The predicted octanol–water partition coefficient (Wildman–Crippen LogP) is 3.67. The molecule has 2 nitrogen and oxygen atoms in total. The lowest BCUT2D eigenvalue weighted by Gasteiger charge is -2.24. The van der Waals surface area contributed by atoms with E-state index in [2.05, 4.69) is 58.1 Å². The van der Waals surface area contributed by atoms with E-state index in [1.807, 2.05) is 7.05 Å². The average Bonchev–Trinajstić information content (AvgIpc) is 2.28. The van der Waals surface area contributed by atoms with Crippen molar-refractivity contribution in [2.45, 2.75) is 52.5 Å². The molecule has 0 aromatic heterocycles. The summed E-state index contributed by atoms with van der Waals surface area (Å²) in [4.78, 5) is 0. The quantitative estimate of drug-likeness (QED) is 0.859. The summed E-state index contributed by atoms with van der Waals surface area (Å²) < 4.78 is 6.03. The number of hydrogen-bond donors (Lipinski definition) is 1. The summed E-state index contributed by atoms with van der Waals surface area (Å²) in [6, 6.07) is 6.90. The van der Waals surface area contributed by atoms with Crippen molar-refractivity contribution in [1.29, 1.82) is 0 Å². The second kappa shape index (κ2) is 6.24. The molecule has 102 valence electrons. The van der Waals surface area contributed by atoms with E-state index in [1.165, 1.54) is 11.1 Å². The Hall–Kier alpha value is -1.02. The molecule has 2 heteroatoms. The largest absolute Gasteiger partial charge is 0.492 e. The molecule has 1 N–H and O–H groups in total. The number of nitrogens with one attached hydrogen (secondary N) is 1. The van der Waals surface area contributed by atoms with Gasteiger partial charge in [0.1, 0.15) is 12.4 Å². The van der Waals surface area contributed by atoms with Gasteiger partial charge in [-0.15, -0.1) is 0 Å². The van der Waals surface area contributed by atoms with Gasteiger partial charge in [0.05, 0.1) is 0 Å². The maximum atomic E-state index is 6.03. The number of benzene rings is 1. The third-order valence-corrected chi connectivity index (χ3v) is 3.29. The van der Waals surface area contributed by atoms with Crippen molar-refractivity contribution >= 4 is 0 Å². The fourth-order valence-corrected chi connectivity index (χ4v) is 1.96. The SMILES string of the molecule is CCC(COc1cc(C)ccc1C(C)(C)C)NC. The molecule has 0 fully saturated rings. The first kappa shape index (κ1) is 15.0. The number of rotatable bonds is 5. The van der Waals surface area contributed by atoms with Crippen molar-refractivity contribution in [3.63, 3.8) is 0 Å². The molecule has 0 radical (unpaired) electrons. The van der Waals surface area contributed by atoms with Gasteiger partial charge in [-0.1, -0.05) is 39.8 Å². The molecule has 0 saturated carbocycles. The van der Waals surface area contributed by atoms with Crippen molar-refractivity contribution in [3.8, 4) is 5.75 Å². The van der Waals surface area contributed by atoms with Gasteiger partial charge >= 0.3 is 0 Å². The Bertz CT molecular complexity index is 375. The molecule has 1 aromatic rings. The summed E-state index contributed by atoms with van der Waals surface area (Å²) in [5, 5.41) is 3.27. The number of hydrogen-bond acceptors (Lipinski definition) is 2. The van der Waals surface area contributed by atoms with Crippen LogP contribution in [0.25, 0.3) is 0 Å². The smallest absolute Gasteiger partial charge is 0.123 e. The van der Waals surface area contributed by atoms with Crippen molar-refractivity contribution in [1.82, 2.24) is 5.32 Å². The summed E-state index contributed by atoms with van der Waals surface area (Å²) in [6.45, 7) is 11.7. The Labute approximate surface area is 112 Å². The van der Waals surface area contributed by atoms with Crippen LogP contribution in [0.2, 0.25) is 0 Å². The second-order valence-electron chi connectivity index (χ2n) is 5.95. The number of ether oxygens (including phenoxy) is 1. The van der Waals surface area contributed by atoms with E-state index < -0.39 is 0 Å². The van der Waals surface area contributed by atoms with Gasteiger partial charge < -0.3 is 10.1 Å². The lowest BCUT2D eigenvalue weighted by atomic mass is 9.86. The molecule has 0 amide bonds. The fourth-order valence-electron chi connectivity index (χ4n) is 1.96. The van der Waals surface area contributed by atoms with Gasteiger partial charge in [0, 0.05) is 6.04 Å². The highest BCUT2D eigenvalue weighted by atomic mass is 16.5. The van der Waals surface area contributed by atoms with Crippen LogP contribution in [-0.2, 0) is 5.41 Å². The lowest BCUT2D eigenvalue weighted by Crippen LogP contribution is -2.31. The van der Waals surface area contributed by atoms with Gasteiger partial charge in [0.15, 0.2) is 0 Å². The minimum absolute atomic E-state index is 0.115. The Morgan fingerprint density at radius 2 is 1.94 bits per heavy atom. The molecule has 0 aliphatic rings. The van der Waals surface area contributed by atoms with Gasteiger partial charge in [-0.25, -0.2) is 0 Å². The predicted molar refractivity (Wildman–Crippen MR) is 78.5 cm³/mol. The van der Waals surface area contributed by atoms with Gasteiger partial charge in [-0.3, -0.25) is 0 Å². The van der Waals surface area contributed by atoms with Crippen LogP contribution in [-0.4, -0.2) is 19.7 Å². The lowest BCUT2D eigenvalue weighted by molar-refractivity contribution is 0.261. The molecule has 0 aliphatic heterocycles. The molecular weight excluding hydrogens is 222 g/mol. The highest BCUT2D eigenvalue weighted by molar-refractivity contribution is 5.41. The third kappa shape index (κ3) is 4.02. The van der Waals surface area contributed by atoms with Crippen molar-refractivity contribution < 1.29 is 4.74 Å². The number of likely N-dealkylation sites (N-methyl/N-ethyl adjacent to an activating group) is 1. The maximum Gasteiger partial charge on any atom is 0.123 e.